The average Bonchev–Trinajstić information content (AvgIpc) is 2.66. The van der Waals surface area contributed by atoms with Crippen LogP contribution < -0.4 is 9.47 Å². The van der Waals surface area contributed by atoms with Crippen LogP contribution in [0.1, 0.15) is 21.5 Å². The van der Waals surface area contributed by atoms with Crippen LogP contribution in [0.3, 0.4) is 0 Å². The first kappa shape index (κ1) is 16.9. The Morgan fingerprint density at radius 1 is 1.00 bits per heavy atom. The number of fused-ring (bicyclic) bond motifs is 1. The Morgan fingerprint density at radius 3 is 2.46 bits per heavy atom. The van der Waals surface area contributed by atoms with Gasteiger partial charge >= 0.3 is 0 Å². The second kappa shape index (κ2) is 7.00. The summed E-state index contributed by atoms with van der Waals surface area (Å²) in [4.78, 5) is 17.1. The van der Waals surface area contributed by atoms with Crippen molar-refractivity contribution in [1.82, 2.24) is 9.80 Å². The van der Waals surface area contributed by atoms with Crippen molar-refractivity contribution in [1.29, 1.82) is 0 Å². The van der Waals surface area contributed by atoms with E-state index in [0.29, 0.717) is 23.1 Å². The van der Waals surface area contributed by atoms with E-state index in [1.807, 2.05) is 4.90 Å². The van der Waals surface area contributed by atoms with Crippen LogP contribution in [-0.2, 0) is 13.0 Å². The third-order valence-corrected chi connectivity index (χ3v) is 5.46. The number of nitrogens with zero attached hydrogens (tertiary/aromatic N) is 2. The van der Waals surface area contributed by atoms with E-state index in [4.69, 9.17) is 9.47 Å². The lowest BCUT2D eigenvalue weighted by atomic mass is 9.96. The Bertz CT molecular complexity index is 815. The van der Waals surface area contributed by atoms with E-state index in [1.165, 1.54) is 11.1 Å². The second-order valence-corrected chi connectivity index (χ2v) is 6.92. The minimum Gasteiger partial charge on any atom is -0.493 e. The molecule has 2 aliphatic rings. The maximum absolute atomic E-state index is 12.7. The zero-order valence-electron chi connectivity index (χ0n) is 15.3. The molecule has 0 bridgehead atoms. The first-order valence-electron chi connectivity index (χ1n) is 9.01. The summed E-state index contributed by atoms with van der Waals surface area (Å²) in [7, 11) is 3.18. The average molecular weight is 352 g/mol. The summed E-state index contributed by atoms with van der Waals surface area (Å²) in [5.74, 6) is 1.28. The van der Waals surface area contributed by atoms with Crippen LogP contribution in [-0.4, -0.2) is 55.6 Å². The van der Waals surface area contributed by atoms with E-state index in [2.05, 4.69) is 29.2 Å². The molecular formula is C21H24N2O3. The van der Waals surface area contributed by atoms with Gasteiger partial charge in [-0.15, -0.1) is 0 Å². The molecule has 1 amide bonds. The second-order valence-electron chi connectivity index (χ2n) is 6.92. The number of hydrogen-bond donors (Lipinski definition) is 0. The molecule has 0 N–H and O–H groups in total. The molecule has 5 heteroatoms. The van der Waals surface area contributed by atoms with Crippen molar-refractivity contribution in [3.63, 3.8) is 0 Å². The highest BCUT2D eigenvalue weighted by Gasteiger charge is 2.36. The number of likely N-dealkylation sites (tertiary alicyclic amines) is 1. The van der Waals surface area contributed by atoms with Gasteiger partial charge in [-0.05, 0) is 35.7 Å². The molecule has 0 radical (unpaired) electrons. The molecule has 0 aliphatic carbocycles. The van der Waals surface area contributed by atoms with Crippen molar-refractivity contribution in [3.05, 3.63) is 59.2 Å². The number of hydrogen-bond acceptors (Lipinski definition) is 4. The molecule has 1 fully saturated rings. The van der Waals surface area contributed by atoms with Crippen molar-refractivity contribution < 1.29 is 14.3 Å². The topological polar surface area (TPSA) is 42.0 Å². The van der Waals surface area contributed by atoms with Crippen LogP contribution in [0.25, 0.3) is 0 Å². The Balaban J connectivity index is 1.38. The highest BCUT2D eigenvalue weighted by atomic mass is 16.5. The van der Waals surface area contributed by atoms with Crippen LogP contribution >= 0.6 is 0 Å². The molecule has 0 aromatic heterocycles. The van der Waals surface area contributed by atoms with E-state index in [0.717, 1.165) is 32.6 Å². The number of carbonyl (C=O) groups is 1. The van der Waals surface area contributed by atoms with Crippen molar-refractivity contribution in [2.75, 3.05) is 33.9 Å². The molecule has 2 aromatic rings. The SMILES string of the molecule is COc1ccc(C(=O)N2CC(N3CCc4ccccc4C3)C2)cc1OC. The molecule has 2 heterocycles. The predicted molar refractivity (Wildman–Crippen MR) is 99.8 cm³/mol. The number of rotatable bonds is 4. The molecule has 5 nitrogen and oxygen atoms in total. The Labute approximate surface area is 154 Å². The van der Waals surface area contributed by atoms with Gasteiger partial charge < -0.3 is 14.4 Å². The number of amides is 1. The van der Waals surface area contributed by atoms with Gasteiger partial charge in [0.25, 0.3) is 5.91 Å². The molecule has 0 spiro atoms. The summed E-state index contributed by atoms with van der Waals surface area (Å²) in [6.45, 7) is 3.63. The summed E-state index contributed by atoms with van der Waals surface area (Å²) in [5, 5.41) is 0. The molecule has 26 heavy (non-hydrogen) atoms. The van der Waals surface area contributed by atoms with E-state index in [9.17, 15) is 4.79 Å². The molecule has 0 atom stereocenters. The molecule has 0 saturated carbocycles. The van der Waals surface area contributed by atoms with Gasteiger partial charge in [0, 0.05) is 37.8 Å². The van der Waals surface area contributed by atoms with Crippen LogP contribution in [0.15, 0.2) is 42.5 Å². The zero-order chi connectivity index (χ0) is 18.1. The normalized spacial score (nSPS) is 17.4. The Morgan fingerprint density at radius 2 is 1.73 bits per heavy atom. The molecule has 4 rings (SSSR count). The summed E-state index contributed by atoms with van der Waals surface area (Å²) in [5.41, 5.74) is 3.52. The van der Waals surface area contributed by atoms with Crippen LogP contribution in [0.2, 0.25) is 0 Å². The van der Waals surface area contributed by atoms with Gasteiger partial charge in [-0.25, -0.2) is 0 Å². The largest absolute Gasteiger partial charge is 0.493 e. The lowest BCUT2D eigenvalue weighted by Gasteiger charge is -2.47. The summed E-state index contributed by atoms with van der Waals surface area (Å²) < 4.78 is 10.5. The maximum Gasteiger partial charge on any atom is 0.254 e. The fourth-order valence-corrected chi connectivity index (χ4v) is 3.83. The third kappa shape index (κ3) is 3.03. The predicted octanol–water partition coefficient (Wildman–Crippen LogP) is 2.59. The molecule has 0 unspecified atom stereocenters. The van der Waals surface area contributed by atoms with Gasteiger partial charge in [-0.2, -0.15) is 0 Å². The first-order chi connectivity index (χ1) is 12.7. The number of benzene rings is 2. The fraction of sp³-hybridized carbons (Fsp3) is 0.381. The summed E-state index contributed by atoms with van der Waals surface area (Å²) >= 11 is 0. The number of ether oxygens (including phenoxy) is 2. The quantitative estimate of drug-likeness (QED) is 0.848. The first-order valence-corrected chi connectivity index (χ1v) is 9.01. The van der Waals surface area contributed by atoms with E-state index in [-0.39, 0.29) is 5.91 Å². The van der Waals surface area contributed by atoms with Crippen molar-refractivity contribution in [2.45, 2.75) is 19.0 Å². The summed E-state index contributed by atoms with van der Waals surface area (Å²) in [6, 6.07) is 14.4. The standard InChI is InChI=1S/C21H24N2O3/c1-25-19-8-7-16(11-20(19)26-2)21(24)23-13-18(14-23)22-10-9-15-5-3-4-6-17(15)12-22/h3-8,11,18H,9-10,12-14H2,1-2H3. The molecular weight excluding hydrogens is 328 g/mol. The smallest absolute Gasteiger partial charge is 0.254 e. The number of methoxy groups -OCH3 is 2. The van der Waals surface area contributed by atoms with Gasteiger partial charge in [-0.3, -0.25) is 9.69 Å². The number of carbonyl (C=O) groups excluding carboxylic acids is 1. The van der Waals surface area contributed by atoms with E-state index in [1.54, 1.807) is 32.4 Å². The van der Waals surface area contributed by atoms with Crippen LogP contribution in [0, 0.1) is 0 Å². The molecule has 1 saturated heterocycles. The van der Waals surface area contributed by atoms with Gasteiger partial charge in [0.05, 0.1) is 14.2 Å². The monoisotopic (exact) mass is 352 g/mol. The fourth-order valence-electron chi connectivity index (χ4n) is 3.83. The van der Waals surface area contributed by atoms with E-state index < -0.39 is 0 Å². The summed E-state index contributed by atoms with van der Waals surface area (Å²) in [6.07, 6.45) is 1.09. The van der Waals surface area contributed by atoms with E-state index >= 15 is 0 Å². The minimum absolute atomic E-state index is 0.0552. The van der Waals surface area contributed by atoms with Gasteiger partial charge in [0.2, 0.25) is 0 Å². The van der Waals surface area contributed by atoms with Gasteiger partial charge in [-0.1, -0.05) is 24.3 Å². The Hall–Kier alpha value is -2.53. The zero-order valence-corrected chi connectivity index (χ0v) is 15.3. The highest BCUT2D eigenvalue weighted by Crippen LogP contribution is 2.30. The third-order valence-electron chi connectivity index (χ3n) is 5.46. The van der Waals surface area contributed by atoms with Crippen LogP contribution in [0.5, 0.6) is 11.5 Å². The molecule has 136 valence electrons. The van der Waals surface area contributed by atoms with Crippen molar-refractivity contribution in [2.24, 2.45) is 0 Å². The van der Waals surface area contributed by atoms with Crippen molar-refractivity contribution >= 4 is 5.91 Å². The van der Waals surface area contributed by atoms with Crippen molar-refractivity contribution in [3.8, 4) is 11.5 Å². The molecule has 2 aliphatic heterocycles. The van der Waals surface area contributed by atoms with Gasteiger partial charge in [0.15, 0.2) is 11.5 Å². The van der Waals surface area contributed by atoms with Crippen LogP contribution in [0.4, 0.5) is 0 Å². The lowest BCUT2D eigenvalue weighted by Crippen LogP contribution is -2.61. The van der Waals surface area contributed by atoms with Gasteiger partial charge in [0.1, 0.15) is 0 Å². The minimum atomic E-state index is 0.0552. The lowest BCUT2D eigenvalue weighted by molar-refractivity contribution is 0.0218. The maximum atomic E-state index is 12.7. The highest BCUT2D eigenvalue weighted by molar-refractivity contribution is 5.95. The Kier molecular flexibility index (Phi) is 4.55. The molecule has 2 aromatic carbocycles.